The highest BCUT2D eigenvalue weighted by atomic mass is 35.5. The van der Waals surface area contributed by atoms with Crippen molar-refractivity contribution in [3.63, 3.8) is 0 Å². The maximum Gasteiger partial charge on any atom is 0.294 e. The fourth-order valence-electron chi connectivity index (χ4n) is 5.12. The van der Waals surface area contributed by atoms with Crippen molar-refractivity contribution in [1.29, 1.82) is 0 Å². The van der Waals surface area contributed by atoms with Crippen molar-refractivity contribution < 1.29 is 19.1 Å². The molecule has 0 aromatic heterocycles. The van der Waals surface area contributed by atoms with Gasteiger partial charge in [0, 0.05) is 40.1 Å². The molecule has 1 unspecified atom stereocenters. The van der Waals surface area contributed by atoms with Gasteiger partial charge in [-0.2, -0.15) is 0 Å². The highest BCUT2D eigenvalue weighted by Crippen LogP contribution is 2.46. The number of fused-ring (bicyclic) bond motifs is 1. The van der Waals surface area contributed by atoms with Crippen LogP contribution in [-0.4, -0.2) is 47.7 Å². The number of thioether (sulfide) groups is 1. The summed E-state index contributed by atoms with van der Waals surface area (Å²) in [6.45, 7) is 9.48. The van der Waals surface area contributed by atoms with Crippen molar-refractivity contribution in [3.8, 4) is 5.75 Å². The summed E-state index contributed by atoms with van der Waals surface area (Å²) in [7, 11) is 1.60. The number of imide groups is 1. The number of nitrogens with zero attached hydrogens (tertiary/aromatic N) is 2. The van der Waals surface area contributed by atoms with Gasteiger partial charge in [0.05, 0.1) is 12.0 Å². The van der Waals surface area contributed by atoms with E-state index in [0.29, 0.717) is 22.4 Å². The fourth-order valence-corrected chi connectivity index (χ4v) is 6.07. The van der Waals surface area contributed by atoms with Crippen LogP contribution in [0, 0.1) is 0 Å². The lowest BCUT2D eigenvalue weighted by atomic mass is 9.79. The van der Waals surface area contributed by atoms with Crippen molar-refractivity contribution in [2.75, 3.05) is 30.4 Å². The molecule has 1 N–H and O–H groups in total. The molecule has 2 heterocycles. The van der Waals surface area contributed by atoms with Crippen molar-refractivity contribution in [2.24, 2.45) is 0 Å². The van der Waals surface area contributed by atoms with Crippen LogP contribution in [0.3, 0.4) is 0 Å². The molecule has 1 fully saturated rings. The zero-order valence-electron chi connectivity index (χ0n) is 21.8. The third-order valence-corrected chi connectivity index (χ3v) is 7.93. The Labute approximate surface area is 227 Å². The van der Waals surface area contributed by atoms with Gasteiger partial charge in [-0.3, -0.25) is 19.3 Å². The second-order valence-electron chi connectivity index (χ2n) is 10.0. The molecule has 0 saturated carbocycles. The van der Waals surface area contributed by atoms with Crippen LogP contribution >= 0.6 is 23.4 Å². The Kier molecular flexibility index (Phi) is 7.90. The molecule has 196 valence electrons. The molecule has 4 rings (SSSR count). The Morgan fingerprint density at radius 2 is 1.95 bits per heavy atom. The lowest BCUT2D eigenvalue weighted by Crippen LogP contribution is -2.48. The molecule has 1 atom stereocenters. The monoisotopic (exact) mass is 541 g/mol. The summed E-state index contributed by atoms with van der Waals surface area (Å²) in [5, 5.41) is 2.74. The summed E-state index contributed by atoms with van der Waals surface area (Å²) in [4.78, 5) is 41.9. The Morgan fingerprint density at radius 1 is 1.24 bits per heavy atom. The molecule has 2 aliphatic heterocycles. The van der Waals surface area contributed by atoms with Crippen LogP contribution in [0.1, 0.15) is 57.6 Å². The number of amides is 3. The summed E-state index contributed by atoms with van der Waals surface area (Å²) in [5.41, 5.74) is 3.63. The number of nitrogens with one attached hydrogen (secondary N) is 1. The second kappa shape index (κ2) is 10.8. The van der Waals surface area contributed by atoms with Gasteiger partial charge in [-0.15, -0.1) is 0 Å². The molecule has 0 aliphatic carbocycles. The van der Waals surface area contributed by atoms with E-state index in [1.165, 1.54) is 5.56 Å². The number of carbonyl (C=O) groups excluding carboxylic acids is 3. The van der Waals surface area contributed by atoms with E-state index in [9.17, 15) is 14.4 Å². The van der Waals surface area contributed by atoms with Gasteiger partial charge >= 0.3 is 0 Å². The van der Waals surface area contributed by atoms with E-state index >= 15 is 0 Å². The minimum atomic E-state index is -0.497. The van der Waals surface area contributed by atoms with Gasteiger partial charge in [-0.25, -0.2) is 0 Å². The molecule has 1 saturated heterocycles. The number of ether oxygens (including phenoxy) is 1. The van der Waals surface area contributed by atoms with E-state index in [2.05, 4.69) is 44.0 Å². The van der Waals surface area contributed by atoms with E-state index in [1.807, 2.05) is 6.07 Å². The molecule has 9 heteroatoms. The lowest BCUT2D eigenvalue weighted by Gasteiger charge is -2.47. The number of anilines is 2. The zero-order valence-corrected chi connectivity index (χ0v) is 23.3. The maximum absolute atomic E-state index is 13.1. The second-order valence-corrected chi connectivity index (χ2v) is 11.5. The van der Waals surface area contributed by atoms with Crippen molar-refractivity contribution in [1.82, 2.24) is 4.90 Å². The van der Waals surface area contributed by atoms with E-state index in [0.717, 1.165) is 47.3 Å². The normalized spacial score (nSPS) is 19.8. The van der Waals surface area contributed by atoms with Gasteiger partial charge in [0.25, 0.3) is 11.1 Å². The molecule has 37 heavy (non-hydrogen) atoms. The third kappa shape index (κ3) is 5.65. The van der Waals surface area contributed by atoms with Crippen LogP contribution in [0.2, 0.25) is 5.02 Å². The van der Waals surface area contributed by atoms with Crippen LogP contribution in [0.25, 0.3) is 6.08 Å². The molecule has 0 bridgehead atoms. The number of hydrogen-bond donors (Lipinski definition) is 1. The van der Waals surface area contributed by atoms with Crippen LogP contribution in [0.5, 0.6) is 5.75 Å². The Balaban J connectivity index is 1.59. The first-order chi connectivity index (χ1) is 17.5. The standard InChI is InChI=1S/C28H32ClN3O4S/c1-6-11-32-22-14-23(36-5)18(12-21(22)17(2)15-28(32,3)4)13-24-26(34)31(27(35)37-24)16-25(33)30-20-9-7-19(29)8-10-20/h7-10,12-14,17H,6,11,15-16H2,1-5H3,(H,30,33)/b24-13+. The number of halogens is 1. The van der Waals surface area contributed by atoms with Gasteiger partial charge in [0.2, 0.25) is 5.91 Å². The Morgan fingerprint density at radius 3 is 2.59 bits per heavy atom. The number of benzene rings is 2. The molecular formula is C28H32ClN3O4S. The number of rotatable bonds is 7. The molecule has 2 aliphatic rings. The molecule has 0 spiro atoms. The third-order valence-electron chi connectivity index (χ3n) is 6.77. The number of methoxy groups -OCH3 is 1. The molecule has 2 aromatic carbocycles. The Bertz CT molecular complexity index is 1260. The SMILES string of the molecule is CCCN1c2cc(OC)c(/C=C3/SC(=O)N(CC(=O)Nc4ccc(Cl)cc4)C3=O)cc2C(C)CC1(C)C. The van der Waals surface area contributed by atoms with E-state index in [-0.39, 0.29) is 17.0 Å². The molecule has 2 aromatic rings. The summed E-state index contributed by atoms with van der Waals surface area (Å²) >= 11 is 6.71. The van der Waals surface area contributed by atoms with Crippen molar-refractivity contribution >= 4 is 57.9 Å². The van der Waals surface area contributed by atoms with Gasteiger partial charge in [0.15, 0.2) is 0 Å². The average Bonchev–Trinajstić information content (AvgIpc) is 3.10. The fraction of sp³-hybridized carbons (Fsp3) is 0.393. The number of carbonyl (C=O) groups is 3. The molecule has 3 amide bonds. The highest BCUT2D eigenvalue weighted by molar-refractivity contribution is 8.18. The largest absolute Gasteiger partial charge is 0.496 e. The predicted octanol–water partition coefficient (Wildman–Crippen LogP) is 6.53. The predicted molar refractivity (Wildman–Crippen MR) is 151 cm³/mol. The topological polar surface area (TPSA) is 79.0 Å². The van der Waals surface area contributed by atoms with Gasteiger partial charge in [0.1, 0.15) is 12.3 Å². The van der Waals surface area contributed by atoms with Gasteiger partial charge in [-0.05, 0) is 86.3 Å². The minimum Gasteiger partial charge on any atom is -0.496 e. The van der Waals surface area contributed by atoms with E-state index in [1.54, 1.807) is 37.5 Å². The van der Waals surface area contributed by atoms with E-state index in [4.69, 9.17) is 16.3 Å². The summed E-state index contributed by atoms with van der Waals surface area (Å²) in [5.74, 6) is -0.00710. The zero-order chi connectivity index (χ0) is 26.9. The van der Waals surface area contributed by atoms with Crippen LogP contribution < -0.4 is 15.0 Å². The smallest absolute Gasteiger partial charge is 0.294 e. The number of hydrogen-bond acceptors (Lipinski definition) is 6. The summed E-state index contributed by atoms with van der Waals surface area (Å²) in [6, 6.07) is 10.7. The first-order valence-electron chi connectivity index (χ1n) is 12.3. The van der Waals surface area contributed by atoms with Crippen molar-refractivity contribution in [2.45, 2.75) is 52.0 Å². The summed E-state index contributed by atoms with van der Waals surface area (Å²) in [6.07, 6.45) is 3.73. The first-order valence-corrected chi connectivity index (χ1v) is 13.5. The quantitative estimate of drug-likeness (QED) is 0.402. The molecule has 7 nitrogen and oxygen atoms in total. The summed E-state index contributed by atoms with van der Waals surface area (Å²) < 4.78 is 5.72. The Hall–Kier alpha value is -2.97. The first kappa shape index (κ1) is 27.1. The maximum atomic E-state index is 13.1. The lowest BCUT2D eigenvalue weighted by molar-refractivity contribution is -0.127. The van der Waals surface area contributed by atoms with Crippen LogP contribution in [0.4, 0.5) is 16.2 Å². The minimum absolute atomic E-state index is 0.0180. The molecule has 0 radical (unpaired) electrons. The highest BCUT2D eigenvalue weighted by Gasteiger charge is 2.38. The van der Waals surface area contributed by atoms with Crippen molar-refractivity contribution in [3.05, 3.63) is 57.5 Å². The van der Waals surface area contributed by atoms with E-state index < -0.39 is 17.1 Å². The molecular weight excluding hydrogens is 510 g/mol. The van der Waals surface area contributed by atoms with Crippen LogP contribution in [-0.2, 0) is 9.59 Å². The van der Waals surface area contributed by atoms with Gasteiger partial charge < -0.3 is 15.0 Å². The van der Waals surface area contributed by atoms with Gasteiger partial charge in [-0.1, -0.05) is 25.4 Å². The average molecular weight is 542 g/mol. The van der Waals surface area contributed by atoms with Crippen LogP contribution in [0.15, 0.2) is 41.3 Å².